The number of nitrogens with zero attached hydrogens (tertiary/aromatic N) is 5. The molecule has 4 rings (SSSR count). The highest BCUT2D eigenvalue weighted by molar-refractivity contribution is 7.14. The van der Waals surface area contributed by atoms with Gasteiger partial charge in [-0.25, -0.2) is 9.97 Å². The van der Waals surface area contributed by atoms with Crippen molar-refractivity contribution in [1.29, 1.82) is 0 Å². The van der Waals surface area contributed by atoms with E-state index in [1.54, 1.807) is 53.2 Å². The van der Waals surface area contributed by atoms with Crippen LogP contribution in [0.25, 0.3) is 59.9 Å². The summed E-state index contributed by atoms with van der Waals surface area (Å²) in [4.78, 5) is 15.4. The Bertz CT molecular complexity index is 1360. The average molecular weight is 454 g/mol. The fraction of sp³-hybridized carbons (Fsp3) is 0. The van der Waals surface area contributed by atoms with Gasteiger partial charge in [0.1, 0.15) is 15.7 Å². The summed E-state index contributed by atoms with van der Waals surface area (Å²) in [5.74, 6) is 0. The molecule has 0 aromatic carbocycles. The molecule has 32 heavy (non-hydrogen) atoms. The molecule has 2 aliphatic heterocycles. The van der Waals surface area contributed by atoms with Crippen LogP contribution in [0.5, 0.6) is 0 Å². The maximum absolute atomic E-state index is 4.53. The maximum Gasteiger partial charge on any atom is 0.116 e. The molecule has 156 valence electrons. The van der Waals surface area contributed by atoms with Crippen molar-refractivity contribution in [3.63, 3.8) is 0 Å². The molecule has 0 bridgehead atoms. The van der Waals surface area contributed by atoms with Gasteiger partial charge in [-0.2, -0.15) is 0 Å². The zero-order valence-corrected chi connectivity index (χ0v) is 18.9. The maximum atomic E-state index is 4.53. The van der Waals surface area contributed by atoms with Crippen molar-refractivity contribution in [3.8, 4) is 11.3 Å². The van der Waals surface area contributed by atoms with E-state index < -0.39 is 0 Å². The Kier molecular flexibility index (Phi) is 6.39. The summed E-state index contributed by atoms with van der Waals surface area (Å²) in [6, 6.07) is 3.93. The van der Waals surface area contributed by atoms with E-state index in [0.717, 1.165) is 53.8 Å². The summed E-state index contributed by atoms with van der Waals surface area (Å²) in [6.45, 7) is 15.2. The summed E-state index contributed by atoms with van der Waals surface area (Å²) >= 11 is 3.10. The summed E-state index contributed by atoms with van der Waals surface area (Å²) in [7, 11) is 0. The minimum atomic E-state index is 0.725. The van der Waals surface area contributed by atoms with Crippen LogP contribution in [0.3, 0.4) is 0 Å². The number of hydrogen-bond acceptors (Lipinski definition) is 7. The lowest BCUT2D eigenvalue weighted by atomic mass is 10.1. The molecule has 0 aliphatic carbocycles. The third kappa shape index (κ3) is 4.44. The first-order valence-corrected chi connectivity index (χ1v) is 11.3. The average Bonchev–Trinajstić information content (AvgIpc) is 3.49. The normalized spacial score (nSPS) is 11.4. The van der Waals surface area contributed by atoms with Crippen LogP contribution in [-0.4, -0.2) is 25.1 Å². The highest BCUT2D eigenvalue weighted by Crippen LogP contribution is 2.27. The number of hydrogen-bond donors (Lipinski definition) is 0. The second-order valence-electron chi connectivity index (χ2n) is 6.49. The van der Waals surface area contributed by atoms with Crippen molar-refractivity contribution < 1.29 is 0 Å². The van der Waals surface area contributed by atoms with Gasteiger partial charge in [0, 0.05) is 5.56 Å². The van der Waals surface area contributed by atoms with Gasteiger partial charge in [-0.05, 0) is 60.7 Å². The van der Waals surface area contributed by atoms with Crippen LogP contribution in [0.1, 0.15) is 42.5 Å². The Morgan fingerprint density at radius 1 is 0.656 bits per heavy atom. The molecule has 0 saturated carbocycles. The van der Waals surface area contributed by atoms with Crippen LogP contribution in [0.4, 0.5) is 0 Å². The molecule has 4 heterocycles. The van der Waals surface area contributed by atoms with E-state index in [0.29, 0.717) is 0 Å². The molecule has 0 spiro atoms. The predicted octanol–water partition coefficient (Wildman–Crippen LogP) is 6.80. The molecule has 2 aromatic heterocycles. The van der Waals surface area contributed by atoms with Crippen LogP contribution < -0.4 is 0 Å². The number of fused-ring (bicyclic) bond motifs is 1. The van der Waals surface area contributed by atoms with E-state index in [1.807, 2.05) is 36.4 Å². The van der Waals surface area contributed by atoms with Crippen molar-refractivity contribution in [2.45, 2.75) is 0 Å². The van der Waals surface area contributed by atoms with Gasteiger partial charge in [0.15, 0.2) is 0 Å². The zero-order chi connectivity index (χ0) is 22.5. The van der Waals surface area contributed by atoms with Gasteiger partial charge in [0.25, 0.3) is 0 Å². The molecule has 0 saturated heterocycles. The van der Waals surface area contributed by atoms with E-state index in [-0.39, 0.29) is 0 Å². The minimum absolute atomic E-state index is 0.725. The van der Waals surface area contributed by atoms with Crippen molar-refractivity contribution in [3.05, 3.63) is 87.2 Å². The molecule has 0 atom stereocenters. The van der Waals surface area contributed by atoms with Crippen LogP contribution in [0.15, 0.2) is 44.6 Å². The van der Waals surface area contributed by atoms with Gasteiger partial charge >= 0.3 is 0 Å². The van der Waals surface area contributed by atoms with E-state index in [9.17, 15) is 0 Å². The monoisotopic (exact) mass is 453 g/mol. The standard InChI is InChI=1S/C25H19N5S2/c1-5-18-22(31-24(7-3)27-18)13-10-16-9-11-17-20(29-30-21(17)15-26-16)12-14-23-19(6-2)28-25(8-4)32-23/h5-15H,1-4H2/b13-10+,14-12+. The lowest BCUT2D eigenvalue weighted by Gasteiger charge is -1.91. The molecule has 0 fully saturated rings. The minimum Gasteiger partial charge on any atom is -0.255 e. The third-order valence-corrected chi connectivity index (χ3v) is 6.57. The fourth-order valence-electron chi connectivity index (χ4n) is 2.93. The quantitative estimate of drug-likeness (QED) is 0.293. The van der Waals surface area contributed by atoms with Crippen molar-refractivity contribution in [2.24, 2.45) is 0 Å². The fourth-order valence-corrected chi connectivity index (χ4v) is 4.57. The highest BCUT2D eigenvalue weighted by atomic mass is 32.1. The van der Waals surface area contributed by atoms with Gasteiger partial charge in [0.05, 0.1) is 38.7 Å². The van der Waals surface area contributed by atoms with Crippen molar-refractivity contribution in [1.82, 2.24) is 25.1 Å². The smallest absolute Gasteiger partial charge is 0.116 e. The van der Waals surface area contributed by atoms with Crippen LogP contribution in [0.2, 0.25) is 0 Å². The molecule has 2 aromatic rings. The lowest BCUT2D eigenvalue weighted by molar-refractivity contribution is 1.08. The first-order chi connectivity index (χ1) is 15.6. The summed E-state index contributed by atoms with van der Waals surface area (Å²) in [6.07, 6.45) is 16.5. The Hall–Kier alpha value is -3.81. The molecular formula is C25H19N5S2. The Labute approximate surface area is 194 Å². The molecule has 0 amide bonds. The second kappa shape index (κ2) is 9.55. The topological polar surface area (TPSA) is 64.5 Å². The Morgan fingerprint density at radius 2 is 1.28 bits per heavy atom. The van der Waals surface area contributed by atoms with E-state index in [1.165, 1.54) is 0 Å². The second-order valence-corrected chi connectivity index (χ2v) is 8.61. The summed E-state index contributed by atoms with van der Waals surface area (Å²) < 4.78 is 0. The highest BCUT2D eigenvalue weighted by Gasteiger charge is 2.11. The van der Waals surface area contributed by atoms with E-state index >= 15 is 0 Å². The lowest BCUT2D eigenvalue weighted by Crippen LogP contribution is -1.76. The van der Waals surface area contributed by atoms with Crippen molar-refractivity contribution >= 4 is 71.3 Å². The molecule has 0 N–H and O–H groups in total. The van der Waals surface area contributed by atoms with Gasteiger partial charge in [-0.15, -0.1) is 32.9 Å². The number of thiazole rings is 2. The number of rotatable bonds is 8. The number of aromatic nitrogens is 5. The summed E-state index contributed by atoms with van der Waals surface area (Å²) in [5, 5.41) is 10.3. The largest absolute Gasteiger partial charge is 0.255 e. The van der Waals surface area contributed by atoms with Crippen LogP contribution in [-0.2, 0) is 0 Å². The van der Waals surface area contributed by atoms with E-state index in [4.69, 9.17) is 0 Å². The van der Waals surface area contributed by atoms with Gasteiger partial charge < -0.3 is 0 Å². The molecular weight excluding hydrogens is 434 g/mol. The van der Waals surface area contributed by atoms with Crippen LogP contribution >= 0.6 is 22.7 Å². The molecule has 5 nitrogen and oxygen atoms in total. The van der Waals surface area contributed by atoms with Crippen molar-refractivity contribution in [2.75, 3.05) is 0 Å². The SMILES string of the molecule is C=Cc1nc(C=C)c(/C=C/c2ccc3c(/C=C/c4sc(C=C)nc4C=C)nnc-3cn2)s1. The first kappa shape index (κ1) is 21.4. The van der Waals surface area contributed by atoms with Gasteiger partial charge in [0.2, 0.25) is 0 Å². The summed E-state index contributed by atoms with van der Waals surface area (Å²) in [5.41, 5.74) is 4.87. The van der Waals surface area contributed by atoms with Gasteiger partial charge in [-0.1, -0.05) is 26.3 Å². The third-order valence-electron chi connectivity index (χ3n) is 4.50. The Balaban J connectivity index is 1.62. The molecule has 0 unspecified atom stereocenters. The zero-order valence-electron chi connectivity index (χ0n) is 17.2. The Morgan fingerprint density at radius 3 is 1.88 bits per heavy atom. The van der Waals surface area contributed by atoms with Crippen LogP contribution in [0, 0.1) is 0 Å². The first-order valence-electron chi connectivity index (χ1n) is 9.65. The molecule has 2 aliphatic rings. The predicted molar refractivity (Wildman–Crippen MR) is 139 cm³/mol. The van der Waals surface area contributed by atoms with Gasteiger partial charge in [-0.3, -0.25) is 4.98 Å². The molecule has 7 heteroatoms. The van der Waals surface area contributed by atoms with E-state index in [2.05, 4.69) is 51.5 Å². The molecule has 0 radical (unpaired) electrons.